The lowest BCUT2D eigenvalue weighted by atomic mass is 10.1. The minimum atomic E-state index is 0.449. The molecule has 1 heterocycles. The van der Waals surface area contributed by atoms with Crippen LogP contribution in [0.2, 0.25) is 0 Å². The fraction of sp³-hybridized carbons (Fsp3) is 0.231. The number of nitrogens with one attached hydrogen (secondary N) is 2. The Morgan fingerprint density at radius 1 is 1.00 bits per heavy atom. The molecule has 0 amide bonds. The minimum absolute atomic E-state index is 0.449. The normalized spacial score (nSPS) is 10.7. The van der Waals surface area contributed by atoms with Gasteiger partial charge in [0.05, 0.1) is 25.8 Å². The predicted octanol–water partition coefficient (Wildman–Crippen LogP) is 6.41. The summed E-state index contributed by atoms with van der Waals surface area (Å²) < 4.78 is 20.6. The quantitative estimate of drug-likeness (QED) is 0.221. The van der Waals surface area contributed by atoms with Gasteiger partial charge in [-0.1, -0.05) is 52.3 Å². The number of ether oxygens (including phenoxy) is 3. The van der Waals surface area contributed by atoms with Crippen molar-refractivity contribution in [3.8, 4) is 28.6 Å². The molecule has 0 aliphatic rings. The zero-order chi connectivity index (χ0) is 24.8. The molecule has 0 aliphatic carbocycles. The number of hydrogen-bond acceptors (Lipinski definition) is 6. The van der Waals surface area contributed by atoms with Gasteiger partial charge in [-0.2, -0.15) is 5.10 Å². The molecule has 1 aromatic heterocycles. The molecule has 0 atom stereocenters. The molecule has 3 aromatic carbocycles. The third kappa shape index (κ3) is 5.68. The molecule has 0 unspecified atom stereocenters. The zero-order valence-electron chi connectivity index (χ0n) is 19.8. The van der Waals surface area contributed by atoms with Crippen molar-refractivity contribution >= 4 is 28.1 Å². The highest BCUT2D eigenvalue weighted by atomic mass is 79.9. The van der Waals surface area contributed by atoms with Crippen LogP contribution in [-0.4, -0.2) is 28.6 Å². The van der Waals surface area contributed by atoms with Crippen molar-refractivity contribution in [2.75, 3.05) is 19.1 Å². The van der Waals surface area contributed by atoms with Gasteiger partial charge in [0.1, 0.15) is 12.4 Å². The second-order valence-electron chi connectivity index (χ2n) is 7.76. The van der Waals surface area contributed by atoms with Crippen molar-refractivity contribution in [3.05, 3.63) is 86.6 Å². The van der Waals surface area contributed by atoms with Crippen molar-refractivity contribution in [2.24, 2.45) is 0 Å². The zero-order valence-corrected chi connectivity index (χ0v) is 22.2. The summed E-state index contributed by atoms with van der Waals surface area (Å²) in [5.74, 6) is 2.70. The van der Waals surface area contributed by atoms with E-state index >= 15 is 0 Å². The van der Waals surface area contributed by atoms with E-state index < -0.39 is 0 Å². The van der Waals surface area contributed by atoms with Crippen molar-refractivity contribution in [3.63, 3.8) is 0 Å². The molecule has 2 N–H and O–H groups in total. The van der Waals surface area contributed by atoms with Crippen LogP contribution < -0.4 is 19.6 Å². The summed E-state index contributed by atoms with van der Waals surface area (Å²) in [5.41, 5.74) is 7.48. The summed E-state index contributed by atoms with van der Waals surface area (Å²) in [6.45, 7) is 5.49. The Kier molecular flexibility index (Phi) is 8.09. The molecule has 0 fully saturated rings. The van der Waals surface area contributed by atoms with Gasteiger partial charge in [0.15, 0.2) is 17.3 Å². The maximum Gasteiger partial charge on any atom is 0.214 e. The number of H-pyrrole nitrogens is 1. The van der Waals surface area contributed by atoms with Crippen molar-refractivity contribution in [1.29, 1.82) is 0 Å². The number of aryl methyl sites for hydroxylation is 1. The minimum Gasteiger partial charge on any atom is -0.496 e. The Morgan fingerprint density at radius 2 is 1.74 bits per heavy atom. The van der Waals surface area contributed by atoms with Crippen LogP contribution in [0.25, 0.3) is 11.4 Å². The van der Waals surface area contributed by atoms with Gasteiger partial charge >= 0.3 is 0 Å². The van der Waals surface area contributed by atoms with Crippen molar-refractivity contribution in [1.82, 2.24) is 14.9 Å². The first-order chi connectivity index (χ1) is 17.0. The lowest BCUT2D eigenvalue weighted by Gasteiger charge is -2.17. The molecule has 0 bridgehead atoms. The molecule has 7 nitrogen and oxygen atoms in total. The van der Waals surface area contributed by atoms with Gasteiger partial charge in [-0.15, -0.1) is 0 Å². The van der Waals surface area contributed by atoms with Gasteiger partial charge in [-0.05, 0) is 67.0 Å². The third-order valence-corrected chi connectivity index (χ3v) is 6.52. The van der Waals surface area contributed by atoms with Crippen molar-refractivity contribution < 1.29 is 14.2 Å². The molecule has 0 aliphatic heterocycles. The summed E-state index contributed by atoms with van der Waals surface area (Å²) in [7, 11) is 1.63. The fourth-order valence-corrected chi connectivity index (χ4v) is 4.30. The number of rotatable bonds is 10. The molecule has 4 aromatic rings. The lowest BCUT2D eigenvalue weighted by molar-refractivity contribution is 0.268. The van der Waals surface area contributed by atoms with Gasteiger partial charge in [0.25, 0.3) is 0 Å². The van der Waals surface area contributed by atoms with E-state index in [1.807, 2.05) is 55.5 Å². The topological polar surface area (TPSA) is 73.3 Å². The van der Waals surface area contributed by atoms with Crippen LogP contribution in [0.4, 0.5) is 0 Å². The molecule has 0 radical (unpaired) electrons. The average molecular weight is 555 g/mol. The smallest absolute Gasteiger partial charge is 0.214 e. The van der Waals surface area contributed by atoms with Gasteiger partial charge in [0.2, 0.25) is 4.77 Å². The van der Waals surface area contributed by atoms with Crippen LogP contribution in [0.5, 0.6) is 17.2 Å². The Labute approximate surface area is 218 Å². The van der Waals surface area contributed by atoms with Gasteiger partial charge in [0, 0.05) is 4.47 Å². The first-order valence-electron chi connectivity index (χ1n) is 11.2. The number of methoxy groups -OCH3 is 1. The van der Waals surface area contributed by atoms with Crippen LogP contribution in [0.1, 0.15) is 23.6 Å². The van der Waals surface area contributed by atoms with E-state index in [0.717, 1.165) is 21.2 Å². The molecular formula is C26H27BrN4O3S. The first kappa shape index (κ1) is 24.8. The molecule has 0 spiro atoms. The SMILES string of the molecule is CCOc1cc(CNn2c(-c3ccccc3OC)n[nH]c2=S)c(Br)cc1OCc1ccccc1C. The molecule has 0 saturated heterocycles. The lowest BCUT2D eigenvalue weighted by Crippen LogP contribution is -2.16. The largest absolute Gasteiger partial charge is 0.496 e. The number of aromatic nitrogens is 3. The highest BCUT2D eigenvalue weighted by Gasteiger charge is 2.15. The summed E-state index contributed by atoms with van der Waals surface area (Å²) in [5, 5.41) is 7.25. The van der Waals surface area contributed by atoms with E-state index in [-0.39, 0.29) is 0 Å². The summed E-state index contributed by atoms with van der Waals surface area (Å²) in [6.07, 6.45) is 0. The second kappa shape index (κ2) is 11.4. The molecular weight excluding hydrogens is 528 g/mol. The molecule has 0 saturated carbocycles. The number of nitrogens with zero attached hydrogens (tertiary/aromatic N) is 2. The maximum absolute atomic E-state index is 6.14. The maximum atomic E-state index is 6.14. The Bertz CT molecular complexity index is 1370. The van der Waals surface area contributed by atoms with E-state index in [2.05, 4.69) is 50.6 Å². The van der Waals surface area contributed by atoms with Crippen LogP contribution in [0.3, 0.4) is 0 Å². The van der Waals surface area contributed by atoms with E-state index in [1.165, 1.54) is 5.56 Å². The summed E-state index contributed by atoms with van der Waals surface area (Å²) in [4.78, 5) is 0. The molecule has 182 valence electrons. The monoisotopic (exact) mass is 554 g/mol. The Hall–Kier alpha value is -3.30. The van der Waals surface area contributed by atoms with Gasteiger partial charge in [-0.3, -0.25) is 0 Å². The standard InChI is InChI=1S/C26H27BrN4O3S/c1-4-33-23-13-19(21(27)14-24(23)34-16-18-10-6-5-9-17(18)2)15-28-31-25(29-30-26(31)35)20-11-7-8-12-22(20)32-3/h5-14,28H,4,15-16H2,1-3H3,(H,30,35). The third-order valence-electron chi connectivity index (χ3n) is 5.50. The van der Waals surface area contributed by atoms with Crippen LogP contribution in [0.15, 0.2) is 65.1 Å². The summed E-state index contributed by atoms with van der Waals surface area (Å²) in [6, 6.07) is 19.8. The highest BCUT2D eigenvalue weighted by molar-refractivity contribution is 9.10. The summed E-state index contributed by atoms with van der Waals surface area (Å²) >= 11 is 9.15. The number of hydrogen-bond donors (Lipinski definition) is 2. The number of halogens is 1. The number of para-hydroxylation sites is 1. The molecule has 9 heteroatoms. The number of benzene rings is 3. The van der Waals surface area contributed by atoms with Crippen LogP contribution in [0, 0.1) is 11.7 Å². The van der Waals surface area contributed by atoms with Crippen LogP contribution in [-0.2, 0) is 13.2 Å². The van der Waals surface area contributed by atoms with Crippen LogP contribution >= 0.6 is 28.1 Å². The second-order valence-corrected chi connectivity index (χ2v) is 9.00. The van der Waals surface area contributed by atoms with Crippen molar-refractivity contribution in [2.45, 2.75) is 27.0 Å². The fourth-order valence-electron chi connectivity index (χ4n) is 3.64. The Balaban J connectivity index is 1.57. The van der Waals surface area contributed by atoms with E-state index in [0.29, 0.717) is 47.6 Å². The molecule has 35 heavy (non-hydrogen) atoms. The first-order valence-corrected chi connectivity index (χ1v) is 12.4. The number of aromatic amines is 1. The van der Waals surface area contributed by atoms with Gasteiger partial charge in [-0.25, -0.2) is 9.77 Å². The Morgan fingerprint density at radius 3 is 2.51 bits per heavy atom. The van der Waals surface area contributed by atoms with E-state index in [9.17, 15) is 0 Å². The predicted molar refractivity (Wildman–Crippen MR) is 143 cm³/mol. The average Bonchev–Trinajstić information content (AvgIpc) is 3.24. The highest BCUT2D eigenvalue weighted by Crippen LogP contribution is 2.35. The van der Waals surface area contributed by atoms with Gasteiger partial charge < -0.3 is 19.6 Å². The van der Waals surface area contributed by atoms with E-state index in [4.69, 9.17) is 26.4 Å². The molecule has 4 rings (SSSR count). The van der Waals surface area contributed by atoms with E-state index in [1.54, 1.807) is 11.8 Å².